The van der Waals surface area contributed by atoms with Gasteiger partial charge in [0, 0.05) is 140 Å². The van der Waals surface area contributed by atoms with Crippen molar-refractivity contribution in [1.82, 2.24) is 0 Å². The Labute approximate surface area is 507 Å². The molecule has 16 nitrogen and oxygen atoms in total. The maximum absolute atomic E-state index is 10.7. The molecule has 0 heterocycles. The fourth-order valence-corrected chi connectivity index (χ4v) is 8.88. The highest BCUT2D eigenvalue weighted by atomic mass is 16.6. The molecule has 0 spiro atoms. The van der Waals surface area contributed by atoms with Crippen LogP contribution in [-0.4, -0.2) is 64.2 Å². The highest BCUT2D eigenvalue weighted by molar-refractivity contribution is 5.96. The number of nitrogens with zero attached hydrogens (tertiary/aromatic N) is 8. The molecule has 0 saturated carbocycles. The molecule has 0 saturated heterocycles. The standard InChI is InChI=1S/C17H14N2O2.2C14H15NO.2C13H12N2O2/c1-18(14-9-11-15(12-10-14)19(20)21)17-8-4-6-13-5-2-3-7-16(13)17;1-15(12-7-4-3-5-8-12)13-9-6-10-14(11-13)16-2;1-15(12-6-4-3-5-7-12)13-8-10-14(16-2)11-9-13;1-14(11-6-3-2-4-7-11)12-8-5-9-13(10-12)15(16)17;1-14(11-5-3-2-4-6-11)12-7-9-13(10-8-12)15(16)17/h2-12H,1H3;2*3-11H,1-2H3;2*2-10H,1H3. The summed E-state index contributed by atoms with van der Waals surface area (Å²) in [5.41, 5.74) is 10.6. The summed E-state index contributed by atoms with van der Waals surface area (Å²) in [7, 11) is 13.2. The van der Waals surface area contributed by atoms with Gasteiger partial charge in [-0.25, -0.2) is 0 Å². The fourth-order valence-electron chi connectivity index (χ4n) is 8.88. The van der Waals surface area contributed by atoms with Crippen molar-refractivity contribution in [2.45, 2.75) is 0 Å². The minimum absolute atomic E-state index is 0.102. The van der Waals surface area contributed by atoms with Crippen LogP contribution in [0.25, 0.3) is 10.8 Å². The van der Waals surface area contributed by atoms with E-state index in [0.717, 1.165) is 68.1 Å². The Morgan fingerprint density at radius 2 is 0.586 bits per heavy atom. The van der Waals surface area contributed by atoms with Crippen LogP contribution in [-0.2, 0) is 0 Å². The number of non-ortho nitro benzene ring substituents is 3. The van der Waals surface area contributed by atoms with Gasteiger partial charge < -0.3 is 34.0 Å². The van der Waals surface area contributed by atoms with Crippen LogP contribution in [0.5, 0.6) is 11.5 Å². The van der Waals surface area contributed by atoms with Gasteiger partial charge in [0.1, 0.15) is 11.5 Å². The first-order chi connectivity index (χ1) is 42.1. The Balaban J connectivity index is 0.000000156. The quantitative estimate of drug-likeness (QED) is 0.0704. The zero-order chi connectivity index (χ0) is 62.1. The molecule has 0 aliphatic carbocycles. The third-order valence-corrected chi connectivity index (χ3v) is 13.9. The molecule has 0 amide bonds. The summed E-state index contributed by atoms with van der Waals surface area (Å²) < 4.78 is 10.4. The van der Waals surface area contributed by atoms with Gasteiger partial charge in [-0.15, -0.1) is 0 Å². The molecule has 0 fully saturated rings. The lowest BCUT2D eigenvalue weighted by Crippen LogP contribution is -2.09. The summed E-state index contributed by atoms with van der Waals surface area (Å²) in [6, 6.07) is 90.1. The average Bonchev–Trinajstić information content (AvgIpc) is 3.62. The second-order valence-electron chi connectivity index (χ2n) is 19.4. The molecule has 0 aliphatic heterocycles. The van der Waals surface area contributed by atoms with Gasteiger partial charge in [-0.2, -0.15) is 0 Å². The van der Waals surface area contributed by atoms with E-state index in [1.807, 2.05) is 213 Å². The van der Waals surface area contributed by atoms with E-state index in [9.17, 15) is 30.3 Å². The van der Waals surface area contributed by atoms with E-state index in [0.29, 0.717) is 0 Å². The van der Waals surface area contributed by atoms with Crippen LogP contribution in [0.15, 0.2) is 285 Å². The Morgan fingerprint density at radius 1 is 0.276 bits per heavy atom. The maximum atomic E-state index is 10.7. The normalized spacial score (nSPS) is 10.1. The number of para-hydroxylation sites is 4. The number of benzene rings is 11. The molecule has 0 aliphatic rings. The van der Waals surface area contributed by atoms with Crippen molar-refractivity contribution < 1.29 is 24.2 Å². The van der Waals surface area contributed by atoms with Gasteiger partial charge in [0.05, 0.1) is 29.0 Å². The Hall–Kier alpha value is -11.5. The third kappa shape index (κ3) is 18.0. The monoisotopic (exact) mass is 1160 g/mol. The van der Waals surface area contributed by atoms with Crippen LogP contribution in [0.1, 0.15) is 0 Å². The molecule has 0 bridgehead atoms. The number of anilines is 10. The van der Waals surface area contributed by atoms with Crippen molar-refractivity contribution in [2.24, 2.45) is 0 Å². The molecule has 440 valence electrons. The minimum Gasteiger partial charge on any atom is -0.497 e. The van der Waals surface area contributed by atoms with Crippen LogP contribution < -0.4 is 34.0 Å². The number of rotatable bonds is 15. The molecule has 0 aromatic heterocycles. The van der Waals surface area contributed by atoms with Crippen molar-refractivity contribution in [2.75, 3.05) is 74.0 Å². The molecule has 87 heavy (non-hydrogen) atoms. The van der Waals surface area contributed by atoms with Crippen molar-refractivity contribution in [3.8, 4) is 11.5 Å². The molecule has 0 N–H and O–H groups in total. The van der Waals surface area contributed by atoms with Gasteiger partial charge in [-0.1, -0.05) is 121 Å². The molecule has 11 aromatic rings. The summed E-state index contributed by atoms with van der Waals surface area (Å²) in [6.07, 6.45) is 0. The lowest BCUT2D eigenvalue weighted by atomic mass is 10.1. The Kier molecular flexibility index (Phi) is 23.0. The summed E-state index contributed by atoms with van der Waals surface area (Å²) >= 11 is 0. The highest BCUT2D eigenvalue weighted by Gasteiger charge is 2.13. The number of nitro benzene ring substituents is 3. The summed E-state index contributed by atoms with van der Waals surface area (Å²) in [6.45, 7) is 0. The molecule has 0 atom stereocenters. The van der Waals surface area contributed by atoms with Crippen molar-refractivity contribution in [3.05, 3.63) is 315 Å². The fraction of sp³-hybridized carbons (Fsp3) is 0.0986. The Morgan fingerprint density at radius 3 is 1.00 bits per heavy atom. The third-order valence-electron chi connectivity index (χ3n) is 13.9. The number of hydrogen-bond acceptors (Lipinski definition) is 13. The second-order valence-corrected chi connectivity index (χ2v) is 19.4. The summed E-state index contributed by atoms with van der Waals surface area (Å²) in [4.78, 5) is 41.0. The van der Waals surface area contributed by atoms with E-state index in [-0.39, 0.29) is 26.9 Å². The second kappa shape index (κ2) is 31.8. The molecule has 11 aromatic carbocycles. The van der Waals surface area contributed by atoms with Crippen LogP contribution in [0.2, 0.25) is 0 Å². The SMILES string of the molecule is CN(c1ccc([N+](=O)[O-])cc1)c1cccc2ccccc12.CN(c1ccccc1)c1ccc([N+](=O)[O-])cc1.CN(c1ccccc1)c1cccc([N+](=O)[O-])c1.COc1ccc(N(C)c2ccccc2)cc1.COc1cccc(N(C)c2ccccc2)c1. The van der Waals surface area contributed by atoms with Crippen molar-refractivity contribution in [3.63, 3.8) is 0 Å². The van der Waals surface area contributed by atoms with Crippen molar-refractivity contribution in [1.29, 1.82) is 0 Å². The van der Waals surface area contributed by atoms with E-state index in [1.54, 1.807) is 50.6 Å². The van der Waals surface area contributed by atoms with E-state index in [1.165, 1.54) is 41.4 Å². The lowest BCUT2D eigenvalue weighted by Gasteiger charge is -2.21. The van der Waals surface area contributed by atoms with E-state index in [4.69, 9.17) is 9.47 Å². The average molecular weight is 1160 g/mol. The van der Waals surface area contributed by atoms with E-state index >= 15 is 0 Å². The zero-order valence-electron chi connectivity index (χ0n) is 49.5. The van der Waals surface area contributed by atoms with Crippen LogP contribution >= 0.6 is 0 Å². The number of ether oxygens (including phenoxy) is 2. The first kappa shape index (κ1) is 63.1. The largest absolute Gasteiger partial charge is 0.497 e. The topological polar surface area (TPSA) is 164 Å². The predicted octanol–water partition coefficient (Wildman–Crippen LogP) is 18.2. The molecule has 0 unspecified atom stereocenters. The first-order valence-electron chi connectivity index (χ1n) is 27.5. The lowest BCUT2D eigenvalue weighted by molar-refractivity contribution is -0.385. The molecule has 16 heteroatoms. The summed E-state index contributed by atoms with van der Waals surface area (Å²) in [5, 5.41) is 34.3. The first-order valence-corrected chi connectivity index (χ1v) is 27.5. The van der Waals surface area contributed by atoms with Gasteiger partial charge in [0.2, 0.25) is 0 Å². The molecular weight excluding hydrogens is 1090 g/mol. The van der Waals surface area contributed by atoms with Crippen molar-refractivity contribution >= 4 is 84.7 Å². The van der Waals surface area contributed by atoms with Crippen LogP contribution in [0.3, 0.4) is 0 Å². The van der Waals surface area contributed by atoms with Gasteiger partial charge in [-0.3, -0.25) is 30.3 Å². The van der Waals surface area contributed by atoms with Gasteiger partial charge >= 0.3 is 0 Å². The molecule has 0 radical (unpaired) electrons. The molecular formula is C71H68N8O8. The number of fused-ring (bicyclic) bond motifs is 1. The van der Waals surface area contributed by atoms with Gasteiger partial charge in [0.15, 0.2) is 0 Å². The summed E-state index contributed by atoms with van der Waals surface area (Å²) in [5.74, 6) is 1.76. The minimum atomic E-state index is -0.397. The van der Waals surface area contributed by atoms with E-state index in [2.05, 4.69) is 65.4 Å². The molecule has 11 rings (SSSR count). The number of methoxy groups -OCH3 is 2. The predicted molar refractivity (Wildman–Crippen MR) is 355 cm³/mol. The van der Waals surface area contributed by atoms with Gasteiger partial charge in [-0.05, 0) is 127 Å². The Bertz CT molecular complexity index is 3900. The van der Waals surface area contributed by atoms with E-state index < -0.39 is 4.92 Å². The van der Waals surface area contributed by atoms with Gasteiger partial charge in [0.25, 0.3) is 17.1 Å². The van der Waals surface area contributed by atoms with Crippen LogP contribution in [0.4, 0.5) is 73.9 Å². The smallest absolute Gasteiger partial charge is 0.271 e. The number of nitro groups is 3. The maximum Gasteiger partial charge on any atom is 0.271 e. The van der Waals surface area contributed by atoms with Crippen LogP contribution in [0, 0.1) is 30.3 Å². The zero-order valence-corrected chi connectivity index (χ0v) is 49.5. The highest BCUT2D eigenvalue weighted by Crippen LogP contribution is 2.33. The number of hydrogen-bond donors (Lipinski definition) is 0.